The van der Waals surface area contributed by atoms with E-state index in [1.54, 1.807) is 17.0 Å². The lowest BCUT2D eigenvalue weighted by atomic mass is 9.80. The maximum absolute atomic E-state index is 11.8. The Bertz CT molecular complexity index is 416. The summed E-state index contributed by atoms with van der Waals surface area (Å²) in [6.07, 6.45) is 9.27. The largest absolute Gasteiger partial charge is 0.393 e. The first-order chi connectivity index (χ1) is 8.22. The van der Waals surface area contributed by atoms with Gasteiger partial charge in [0.15, 0.2) is 0 Å². The van der Waals surface area contributed by atoms with Crippen LogP contribution in [-0.2, 0) is 0 Å². The van der Waals surface area contributed by atoms with Gasteiger partial charge in [-0.3, -0.25) is 9.78 Å². The summed E-state index contributed by atoms with van der Waals surface area (Å²) in [5.41, 5.74) is -0.0623. The molecule has 3 atom stereocenters. The van der Waals surface area contributed by atoms with E-state index in [1.807, 2.05) is 0 Å². The first kappa shape index (κ1) is 12.3. The summed E-state index contributed by atoms with van der Waals surface area (Å²) in [4.78, 5) is 15.6. The van der Waals surface area contributed by atoms with Crippen molar-refractivity contribution in [1.82, 2.24) is 9.55 Å². The van der Waals surface area contributed by atoms with E-state index in [4.69, 9.17) is 0 Å². The van der Waals surface area contributed by atoms with E-state index in [0.717, 1.165) is 25.7 Å². The van der Waals surface area contributed by atoms with Crippen molar-refractivity contribution in [2.45, 2.75) is 51.2 Å². The molecule has 1 fully saturated rings. The maximum Gasteiger partial charge on any atom is 0.269 e. The molecule has 0 bridgehead atoms. The molecule has 0 aromatic carbocycles. The van der Waals surface area contributed by atoms with Crippen molar-refractivity contribution in [3.63, 3.8) is 0 Å². The van der Waals surface area contributed by atoms with Crippen molar-refractivity contribution in [1.29, 1.82) is 0 Å². The van der Waals surface area contributed by atoms with Crippen LogP contribution < -0.4 is 5.56 Å². The van der Waals surface area contributed by atoms with Gasteiger partial charge in [-0.2, -0.15) is 0 Å². The standard InChI is InChI=1S/C13H20N2O2/c1-2-3-10-4-5-11(16)8-12(10)15-7-6-14-9-13(15)17/h6-7,9-12,16H,2-5,8H2,1H3. The van der Waals surface area contributed by atoms with E-state index in [-0.39, 0.29) is 17.7 Å². The fourth-order valence-electron chi connectivity index (χ4n) is 2.87. The van der Waals surface area contributed by atoms with Gasteiger partial charge in [0.2, 0.25) is 0 Å². The quantitative estimate of drug-likeness (QED) is 0.869. The summed E-state index contributed by atoms with van der Waals surface area (Å²) in [6.45, 7) is 2.16. The van der Waals surface area contributed by atoms with Crippen molar-refractivity contribution in [3.05, 3.63) is 28.9 Å². The molecule has 4 nitrogen and oxygen atoms in total. The van der Waals surface area contributed by atoms with Crippen molar-refractivity contribution in [2.24, 2.45) is 5.92 Å². The second-order valence-corrected chi connectivity index (χ2v) is 4.90. The van der Waals surface area contributed by atoms with Gasteiger partial charge in [-0.05, 0) is 31.6 Å². The summed E-state index contributed by atoms with van der Waals surface area (Å²) in [5.74, 6) is 0.503. The molecule has 17 heavy (non-hydrogen) atoms. The zero-order valence-electron chi connectivity index (χ0n) is 10.2. The first-order valence-corrected chi connectivity index (χ1v) is 6.42. The summed E-state index contributed by atoms with van der Waals surface area (Å²) < 4.78 is 1.75. The number of aliphatic hydroxyl groups is 1. The van der Waals surface area contributed by atoms with Crippen LogP contribution in [0, 0.1) is 5.92 Å². The lowest BCUT2D eigenvalue weighted by Crippen LogP contribution is -2.35. The van der Waals surface area contributed by atoms with E-state index in [0.29, 0.717) is 12.3 Å². The highest BCUT2D eigenvalue weighted by atomic mass is 16.3. The van der Waals surface area contributed by atoms with Crippen LogP contribution in [0.25, 0.3) is 0 Å². The zero-order valence-corrected chi connectivity index (χ0v) is 10.2. The normalized spacial score (nSPS) is 29.2. The van der Waals surface area contributed by atoms with Gasteiger partial charge in [-0.25, -0.2) is 0 Å². The van der Waals surface area contributed by atoms with Gasteiger partial charge in [0.1, 0.15) is 0 Å². The Morgan fingerprint density at radius 2 is 2.35 bits per heavy atom. The van der Waals surface area contributed by atoms with Crippen LogP contribution in [0.1, 0.15) is 45.1 Å². The highest BCUT2D eigenvalue weighted by Gasteiger charge is 2.30. The Balaban J connectivity index is 2.26. The first-order valence-electron chi connectivity index (χ1n) is 6.42. The molecule has 0 radical (unpaired) electrons. The van der Waals surface area contributed by atoms with Crippen molar-refractivity contribution in [2.75, 3.05) is 0 Å². The molecule has 1 aromatic rings. The molecular formula is C13H20N2O2. The SMILES string of the molecule is CCCC1CCC(O)CC1n1ccncc1=O. The van der Waals surface area contributed by atoms with Crippen LogP contribution in [0.2, 0.25) is 0 Å². The Morgan fingerprint density at radius 3 is 3.06 bits per heavy atom. The Kier molecular flexibility index (Phi) is 3.94. The Labute approximate surface area is 101 Å². The molecule has 1 heterocycles. The van der Waals surface area contributed by atoms with Gasteiger partial charge in [0.05, 0.1) is 12.3 Å². The average Bonchev–Trinajstić information content (AvgIpc) is 2.32. The molecule has 1 aromatic heterocycles. The molecule has 3 unspecified atom stereocenters. The topological polar surface area (TPSA) is 55.1 Å². The molecule has 1 aliphatic carbocycles. The van der Waals surface area contributed by atoms with Crippen molar-refractivity contribution >= 4 is 0 Å². The summed E-state index contributed by atoms with van der Waals surface area (Å²) in [7, 11) is 0. The minimum atomic E-state index is -0.270. The van der Waals surface area contributed by atoms with Gasteiger partial charge < -0.3 is 9.67 Å². The molecule has 1 saturated carbocycles. The van der Waals surface area contributed by atoms with Crippen LogP contribution in [0.4, 0.5) is 0 Å². The lowest BCUT2D eigenvalue weighted by Gasteiger charge is -2.35. The minimum Gasteiger partial charge on any atom is -0.393 e. The zero-order chi connectivity index (χ0) is 12.3. The summed E-state index contributed by atoms with van der Waals surface area (Å²) >= 11 is 0. The van der Waals surface area contributed by atoms with Crippen LogP contribution in [0.3, 0.4) is 0 Å². The molecule has 94 valence electrons. The number of hydrogen-bond acceptors (Lipinski definition) is 3. The predicted molar refractivity (Wildman–Crippen MR) is 65.8 cm³/mol. The minimum absolute atomic E-state index is 0.0623. The monoisotopic (exact) mass is 236 g/mol. The number of rotatable bonds is 3. The van der Waals surface area contributed by atoms with Crippen molar-refractivity contribution < 1.29 is 5.11 Å². The summed E-state index contributed by atoms with van der Waals surface area (Å²) in [6, 6.07) is 0.134. The van der Waals surface area contributed by atoms with E-state index >= 15 is 0 Å². The van der Waals surface area contributed by atoms with Gasteiger partial charge in [0, 0.05) is 18.4 Å². The highest BCUT2D eigenvalue weighted by Crippen LogP contribution is 2.35. The van der Waals surface area contributed by atoms with Gasteiger partial charge in [0.25, 0.3) is 5.56 Å². The fourth-order valence-corrected chi connectivity index (χ4v) is 2.87. The molecule has 2 rings (SSSR count). The van der Waals surface area contributed by atoms with Crippen molar-refractivity contribution in [3.8, 4) is 0 Å². The maximum atomic E-state index is 11.8. The number of aromatic nitrogens is 2. The van der Waals surface area contributed by atoms with E-state index in [9.17, 15) is 9.90 Å². The molecule has 0 aliphatic heterocycles. The third-order valence-corrected chi connectivity index (χ3v) is 3.70. The number of hydrogen-bond donors (Lipinski definition) is 1. The predicted octanol–water partition coefficient (Wildman–Crippen LogP) is 1.75. The second-order valence-electron chi connectivity index (χ2n) is 4.90. The third-order valence-electron chi connectivity index (χ3n) is 3.70. The fraction of sp³-hybridized carbons (Fsp3) is 0.692. The third kappa shape index (κ3) is 2.75. The van der Waals surface area contributed by atoms with Crippen LogP contribution >= 0.6 is 0 Å². The van der Waals surface area contributed by atoms with Crippen LogP contribution in [0.15, 0.2) is 23.4 Å². The number of nitrogens with zero attached hydrogens (tertiary/aromatic N) is 2. The van der Waals surface area contributed by atoms with Gasteiger partial charge in [-0.1, -0.05) is 13.3 Å². The molecule has 1 aliphatic rings. The number of aliphatic hydroxyl groups excluding tert-OH is 1. The summed E-state index contributed by atoms with van der Waals surface area (Å²) in [5, 5.41) is 9.79. The van der Waals surface area contributed by atoms with E-state index < -0.39 is 0 Å². The average molecular weight is 236 g/mol. The van der Waals surface area contributed by atoms with E-state index in [2.05, 4.69) is 11.9 Å². The van der Waals surface area contributed by atoms with Crippen LogP contribution in [0.5, 0.6) is 0 Å². The molecular weight excluding hydrogens is 216 g/mol. The Morgan fingerprint density at radius 1 is 1.53 bits per heavy atom. The molecule has 0 amide bonds. The second kappa shape index (κ2) is 5.45. The molecule has 4 heteroatoms. The molecule has 1 N–H and O–H groups in total. The molecule has 0 saturated heterocycles. The van der Waals surface area contributed by atoms with Gasteiger partial charge >= 0.3 is 0 Å². The molecule has 0 spiro atoms. The highest BCUT2D eigenvalue weighted by molar-refractivity contribution is 4.91. The van der Waals surface area contributed by atoms with Crippen LogP contribution in [-0.4, -0.2) is 20.8 Å². The Hall–Kier alpha value is -1.16. The van der Waals surface area contributed by atoms with Gasteiger partial charge in [-0.15, -0.1) is 0 Å². The smallest absolute Gasteiger partial charge is 0.269 e. The van der Waals surface area contributed by atoms with E-state index in [1.165, 1.54) is 6.20 Å². The lowest BCUT2D eigenvalue weighted by molar-refractivity contribution is 0.0681.